The average molecular weight is 368 g/mol. The Labute approximate surface area is 161 Å². The van der Waals surface area contributed by atoms with E-state index in [0.717, 1.165) is 18.8 Å². The van der Waals surface area contributed by atoms with E-state index < -0.39 is 0 Å². The molecule has 0 aliphatic carbocycles. The van der Waals surface area contributed by atoms with Crippen LogP contribution < -0.4 is 15.5 Å². The summed E-state index contributed by atoms with van der Waals surface area (Å²) in [5.74, 6) is 0.921. The van der Waals surface area contributed by atoms with E-state index >= 15 is 0 Å². The van der Waals surface area contributed by atoms with Crippen LogP contribution in [0.15, 0.2) is 60.0 Å². The summed E-state index contributed by atoms with van der Waals surface area (Å²) in [6.45, 7) is 3.39. The maximum Gasteiger partial charge on any atom is 0.0475 e. The van der Waals surface area contributed by atoms with Crippen LogP contribution in [0.5, 0.6) is 0 Å². The second kappa shape index (κ2) is 10.3. The van der Waals surface area contributed by atoms with Gasteiger partial charge in [-0.3, -0.25) is 0 Å². The summed E-state index contributed by atoms with van der Waals surface area (Å²) in [6, 6.07) is 19.6. The van der Waals surface area contributed by atoms with Crippen molar-refractivity contribution < 1.29 is 0 Å². The van der Waals surface area contributed by atoms with Crippen LogP contribution in [0.25, 0.3) is 5.70 Å². The highest BCUT2D eigenvalue weighted by Gasteiger charge is 2.12. The largest absolute Gasteiger partial charge is 0.387 e. The van der Waals surface area contributed by atoms with E-state index in [9.17, 15) is 0 Å². The number of nitrogens with one attached hydrogen (secondary N) is 2. The van der Waals surface area contributed by atoms with Gasteiger partial charge in [-0.2, -0.15) is 0 Å². The molecular formula is C22H29N3S. The molecule has 0 radical (unpaired) electrons. The van der Waals surface area contributed by atoms with E-state index in [1.54, 1.807) is 11.8 Å². The van der Waals surface area contributed by atoms with Gasteiger partial charge in [0, 0.05) is 37.4 Å². The average Bonchev–Trinajstić information content (AvgIpc) is 3.23. The number of hydrogen-bond acceptors (Lipinski definition) is 4. The van der Waals surface area contributed by atoms with E-state index in [4.69, 9.17) is 0 Å². The SMILES string of the molecule is CN/C(=C\SCNCCc1ccccc1)c1ccc(N2CCCC2)cc1. The van der Waals surface area contributed by atoms with Gasteiger partial charge in [0.05, 0.1) is 0 Å². The molecule has 3 rings (SSSR count). The van der Waals surface area contributed by atoms with E-state index in [1.165, 1.54) is 48.4 Å². The van der Waals surface area contributed by atoms with Crippen molar-refractivity contribution in [1.29, 1.82) is 0 Å². The van der Waals surface area contributed by atoms with Gasteiger partial charge in [0.2, 0.25) is 0 Å². The summed E-state index contributed by atoms with van der Waals surface area (Å²) in [5.41, 5.74) is 5.14. The molecule has 1 fully saturated rings. The Morgan fingerprint density at radius 1 is 1.04 bits per heavy atom. The Morgan fingerprint density at radius 3 is 2.46 bits per heavy atom. The minimum absolute atomic E-state index is 0.921. The minimum Gasteiger partial charge on any atom is -0.387 e. The molecule has 1 saturated heterocycles. The third kappa shape index (κ3) is 5.55. The van der Waals surface area contributed by atoms with Gasteiger partial charge in [0.1, 0.15) is 0 Å². The Kier molecular flexibility index (Phi) is 7.47. The zero-order valence-corrected chi connectivity index (χ0v) is 16.4. The van der Waals surface area contributed by atoms with Crippen molar-refractivity contribution >= 4 is 23.1 Å². The second-order valence-corrected chi connectivity index (χ2v) is 7.43. The zero-order chi connectivity index (χ0) is 18.0. The Bertz CT molecular complexity index is 676. The molecule has 3 nitrogen and oxygen atoms in total. The van der Waals surface area contributed by atoms with Crippen molar-refractivity contribution in [2.75, 3.05) is 37.5 Å². The Morgan fingerprint density at radius 2 is 1.77 bits per heavy atom. The standard InChI is InChI=1S/C22H29N3S/c1-23-22(17-26-18-24-14-13-19-7-3-2-4-8-19)20-9-11-21(12-10-20)25-15-5-6-16-25/h2-4,7-12,17,23-24H,5-6,13-16,18H2,1H3/b22-17-. The van der Waals surface area contributed by atoms with Crippen LogP contribution in [0.3, 0.4) is 0 Å². The zero-order valence-electron chi connectivity index (χ0n) is 15.6. The molecule has 2 N–H and O–H groups in total. The molecule has 0 bridgehead atoms. The molecule has 26 heavy (non-hydrogen) atoms. The lowest BCUT2D eigenvalue weighted by Crippen LogP contribution is -2.17. The molecule has 138 valence electrons. The number of hydrogen-bond donors (Lipinski definition) is 2. The lowest BCUT2D eigenvalue weighted by Gasteiger charge is -2.18. The quantitative estimate of drug-likeness (QED) is 0.510. The van der Waals surface area contributed by atoms with Gasteiger partial charge in [-0.15, -0.1) is 11.8 Å². The van der Waals surface area contributed by atoms with E-state index in [-0.39, 0.29) is 0 Å². The van der Waals surface area contributed by atoms with Gasteiger partial charge in [-0.1, -0.05) is 42.5 Å². The summed E-state index contributed by atoms with van der Waals surface area (Å²) in [5, 5.41) is 9.03. The maximum atomic E-state index is 3.49. The number of rotatable bonds is 9. The molecule has 0 amide bonds. The van der Waals surface area contributed by atoms with E-state index in [1.807, 2.05) is 7.05 Å². The topological polar surface area (TPSA) is 27.3 Å². The number of benzene rings is 2. The van der Waals surface area contributed by atoms with Crippen LogP contribution in [-0.4, -0.2) is 32.6 Å². The fraction of sp³-hybridized carbons (Fsp3) is 0.364. The number of anilines is 1. The molecule has 0 unspecified atom stereocenters. The molecule has 2 aromatic rings. The Hall–Kier alpha value is -1.91. The van der Waals surface area contributed by atoms with Crippen LogP contribution in [0.2, 0.25) is 0 Å². The highest BCUT2D eigenvalue weighted by atomic mass is 32.2. The normalized spacial score (nSPS) is 14.7. The van der Waals surface area contributed by atoms with Crippen LogP contribution in [0.4, 0.5) is 5.69 Å². The fourth-order valence-electron chi connectivity index (χ4n) is 3.23. The van der Waals surface area contributed by atoms with E-state index in [0.29, 0.717) is 0 Å². The summed E-state index contributed by atoms with van der Waals surface area (Å²) in [7, 11) is 1.99. The first-order valence-corrected chi connectivity index (χ1v) is 10.5. The molecule has 2 aromatic carbocycles. The third-order valence-corrected chi connectivity index (χ3v) is 5.51. The minimum atomic E-state index is 0.921. The lowest BCUT2D eigenvalue weighted by atomic mass is 10.1. The first-order chi connectivity index (χ1) is 12.9. The second-order valence-electron chi connectivity index (χ2n) is 6.57. The van der Waals surface area contributed by atoms with Gasteiger partial charge in [0.25, 0.3) is 0 Å². The summed E-state index contributed by atoms with van der Waals surface area (Å²) in [6.07, 6.45) is 3.70. The molecule has 1 heterocycles. The Balaban J connectivity index is 1.44. The highest BCUT2D eigenvalue weighted by Crippen LogP contribution is 2.23. The van der Waals surface area contributed by atoms with Crippen molar-refractivity contribution in [2.45, 2.75) is 19.3 Å². The maximum absolute atomic E-state index is 3.49. The molecule has 4 heteroatoms. The summed E-state index contributed by atoms with van der Waals surface area (Å²) in [4.78, 5) is 2.47. The molecule has 0 spiro atoms. The van der Waals surface area contributed by atoms with Gasteiger partial charge in [0.15, 0.2) is 0 Å². The molecule has 0 atom stereocenters. The predicted molar refractivity (Wildman–Crippen MR) is 116 cm³/mol. The summed E-state index contributed by atoms with van der Waals surface area (Å²) < 4.78 is 0. The van der Waals surface area contributed by atoms with Crippen molar-refractivity contribution in [3.63, 3.8) is 0 Å². The molecule has 1 aliphatic heterocycles. The van der Waals surface area contributed by atoms with Crippen LogP contribution in [0.1, 0.15) is 24.0 Å². The van der Waals surface area contributed by atoms with Crippen LogP contribution in [0, 0.1) is 0 Å². The first-order valence-electron chi connectivity index (χ1n) is 9.46. The molecule has 1 aliphatic rings. The van der Waals surface area contributed by atoms with Gasteiger partial charge in [-0.25, -0.2) is 0 Å². The van der Waals surface area contributed by atoms with Crippen LogP contribution >= 0.6 is 11.8 Å². The van der Waals surface area contributed by atoms with Gasteiger partial charge >= 0.3 is 0 Å². The number of nitrogens with zero attached hydrogens (tertiary/aromatic N) is 1. The first kappa shape index (κ1) is 18.9. The highest BCUT2D eigenvalue weighted by molar-refractivity contribution is 8.02. The number of thioether (sulfide) groups is 1. The van der Waals surface area contributed by atoms with Crippen LogP contribution in [-0.2, 0) is 6.42 Å². The summed E-state index contributed by atoms with van der Waals surface area (Å²) >= 11 is 1.80. The molecule has 0 aromatic heterocycles. The van der Waals surface area contributed by atoms with Crippen molar-refractivity contribution in [3.8, 4) is 0 Å². The van der Waals surface area contributed by atoms with Crippen molar-refractivity contribution in [1.82, 2.24) is 10.6 Å². The van der Waals surface area contributed by atoms with Crippen molar-refractivity contribution in [2.24, 2.45) is 0 Å². The predicted octanol–water partition coefficient (Wildman–Crippen LogP) is 4.33. The molecular weight excluding hydrogens is 338 g/mol. The monoisotopic (exact) mass is 367 g/mol. The molecule has 0 saturated carbocycles. The smallest absolute Gasteiger partial charge is 0.0475 e. The van der Waals surface area contributed by atoms with Gasteiger partial charge < -0.3 is 15.5 Å². The lowest BCUT2D eigenvalue weighted by molar-refractivity contribution is 0.775. The van der Waals surface area contributed by atoms with E-state index in [2.05, 4.69) is 75.5 Å². The fourth-order valence-corrected chi connectivity index (χ4v) is 4.00. The van der Waals surface area contributed by atoms with Crippen molar-refractivity contribution in [3.05, 3.63) is 71.1 Å². The third-order valence-electron chi connectivity index (χ3n) is 4.74. The van der Waals surface area contributed by atoms with Gasteiger partial charge in [-0.05, 0) is 54.5 Å².